The summed E-state index contributed by atoms with van der Waals surface area (Å²) in [4.78, 5) is 32.1. The van der Waals surface area contributed by atoms with E-state index in [0.29, 0.717) is 0 Å². The van der Waals surface area contributed by atoms with E-state index in [1.165, 1.54) is 51.4 Å². The Morgan fingerprint density at radius 3 is 1.97 bits per heavy atom. The van der Waals surface area contributed by atoms with Gasteiger partial charge in [0.15, 0.2) is 0 Å². The van der Waals surface area contributed by atoms with Crippen molar-refractivity contribution in [3.8, 4) is 0 Å². The molecule has 0 saturated heterocycles. The average Bonchev–Trinajstić information content (AvgIpc) is 2.67. The fourth-order valence-corrected chi connectivity index (χ4v) is 3.18. The molecule has 0 aromatic carbocycles. The van der Waals surface area contributed by atoms with Crippen LogP contribution >= 0.6 is 7.82 Å². The Morgan fingerprint density at radius 2 is 1.41 bits per heavy atom. The molecule has 0 radical (unpaired) electrons. The molecule has 0 bridgehead atoms. The number of phosphoric ester groups is 1. The standard InChI is InChI=1S/C21H41O7P/c1-2-3-4-5-6-7-8-9-10-11-12-13-14-15-16-17-21(23)27-18-20(22)19-28-29(24,25)26/h7-8,20,22H,2-6,9-19H2,1H3,(H2,24,25,26)/p-2/b8-7-/t20-/m1/s1. The minimum Gasteiger partial charge on any atom is -0.790 e. The summed E-state index contributed by atoms with van der Waals surface area (Å²) in [6.07, 6.45) is 18.8. The Labute approximate surface area is 176 Å². The molecule has 0 aromatic rings. The van der Waals surface area contributed by atoms with Crippen molar-refractivity contribution in [3.63, 3.8) is 0 Å². The fourth-order valence-electron chi connectivity index (χ4n) is 2.83. The van der Waals surface area contributed by atoms with Crippen LogP contribution in [0, 0.1) is 0 Å². The van der Waals surface area contributed by atoms with Crippen LogP contribution in [0.25, 0.3) is 0 Å². The van der Waals surface area contributed by atoms with Gasteiger partial charge in [-0.2, -0.15) is 0 Å². The van der Waals surface area contributed by atoms with Crippen LogP contribution in [0.1, 0.15) is 96.8 Å². The van der Waals surface area contributed by atoms with E-state index in [2.05, 4.69) is 23.6 Å². The maximum atomic E-state index is 11.5. The van der Waals surface area contributed by atoms with Gasteiger partial charge in [-0.1, -0.05) is 70.4 Å². The molecule has 172 valence electrons. The first kappa shape index (κ1) is 28.3. The number of allylic oxidation sites excluding steroid dienone is 2. The Balaban J connectivity index is 3.36. The van der Waals surface area contributed by atoms with Crippen molar-refractivity contribution in [2.75, 3.05) is 13.2 Å². The normalized spacial score (nSPS) is 13.1. The lowest BCUT2D eigenvalue weighted by Gasteiger charge is -2.29. The van der Waals surface area contributed by atoms with E-state index in [1.807, 2.05) is 0 Å². The fraction of sp³-hybridized carbons (Fsp3) is 0.857. The van der Waals surface area contributed by atoms with Gasteiger partial charge in [-0.25, -0.2) is 0 Å². The number of hydrogen-bond acceptors (Lipinski definition) is 7. The highest BCUT2D eigenvalue weighted by Gasteiger charge is 2.09. The minimum absolute atomic E-state index is 0.262. The summed E-state index contributed by atoms with van der Waals surface area (Å²) in [5, 5.41) is 9.36. The van der Waals surface area contributed by atoms with Crippen molar-refractivity contribution in [2.45, 2.75) is 103 Å². The van der Waals surface area contributed by atoms with Crippen molar-refractivity contribution >= 4 is 13.8 Å². The van der Waals surface area contributed by atoms with Crippen molar-refractivity contribution in [2.24, 2.45) is 0 Å². The SMILES string of the molecule is CCCCCC/C=C\CCCCCCCCCC(=O)OC[C@@H](O)COP(=O)([O-])[O-]. The molecule has 29 heavy (non-hydrogen) atoms. The van der Waals surface area contributed by atoms with Crippen LogP contribution in [0.15, 0.2) is 12.2 Å². The van der Waals surface area contributed by atoms with Crippen LogP contribution in [-0.2, 0) is 18.6 Å². The third-order valence-electron chi connectivity index (χ3n) is 4.50. The molecule has 0 rings (SSSR count). The van der Waals surface area contributed by atoms with Crippen LogP contribution in [0.3, 0.4) is 0 Å². The summed E-state index contributed by atoms with van der Waals surface area (Å²) in [6.45, 7) is 1.14. The number of ether oxygens (including phenoxy) is 1. The molecular weight excluding hydrogens is 395 g/mol. The van der Waals surface area contributed by atoms with E-state index < -0.39 is 26.5 Å². The molecule has 0 fully saturated rings. The van der Waals surface area contributed by atoms with Gasteiger partial charge in [0.1, 0.15) is 12.7 Å². The van der Waals surface area contributed by atoms with E-state index in [4.69, 9.17) is 4.74 Å². The molecule has 0 aromatic heterocycles. The molecular formula is C21H39O7P-2. The lowest BCUT2D eigenvalue weighted by Crippen LogP contribution is -2.26. The van der Waals surface area contributed by atoms with Gasteiger partial charge < -0.3 is 28.7 Å². The van der Waals surface area contributed by atoms with Crippen molar-refractivity contribution in [1.29, 1.82) is 0 Å². The molecule has 0 aliphatic carbocycles. The van der Waals surface area contributed by atoms with Crippen LogP contribution < -0.4 is 9.79 Å². The number of unbranched alkanes of at least 4 members (excludes halogenated alkanes) is 11. The third kappa shape index (κ3) is 23.4. The van der Waals surface area contributed by atoms with E-state index in [1.54, 1.807) is 0 Å². The lowest BCUT2D eigenvalue weighted by molar-refractivity contribution is -0.342. The summed E-state index contributed by atoms with van der Waals surface area (Å²) in [5.41, 5.74) is 0. The second kappa shape index (κ2) is 19.3. The van der Waals surface area contributed by atoms with Gasteiger partial charge in [-0.05, 0) is 32.1 Å². The maximum Gasteiger partial charge on any atom is 0.305 e. The number of aliphatic hydroxyl groups is 1. The molecule has 0 unspecified atom stereocenters. The predicted octanol–water partition coefficient (Wildman–Crippen LogP) is 3.77. The summed E-state index contributed by atoms with van der Waals surface area (Å²) in [6, 6.07) is 0. The molecule has 1 N–H and O–H groups in total. The van der Waals surface area contributed by atoms with Gasteiger partial charge >= 0.3 is 5.97 Å². The monoisotopic (exact) mass is 434 g/mol. The predicted molar refractivity (Wildman–Crippen MR) is 110 cm³/mol. The largest absolute Gasteiger partial charge is 0.790 e. The Kier molecular flexibility index (Phi) is 18.8. The third-order valence-corrected chi connectivity index (χ3v) is 4.97. The number of carbonyl (C=O) groups excluding carboxylic acids is 1. The number of hydrogen-bond donors (Lipinski definition) is 1. The van der Waals surface area contributed by atoms with Crippen LogP contribution in [0.2, 0.25) is 0 Å². The Hall–Kier alpha value is -0.720. The van der Waals surface area contributed by atoms with E-state index in [9.17, 15) is 24.3 Å². The van der Waals surface area contributed by atoms with Crippen LogP contribution in [0.5, 0.6) is 0 Å². The second-order valence-corrected chi connectivity index (χ2v) is 8.57. The van der Waals surface area contributed by atoms with Gasteiger partial charge in [-0.3, -0.25) is 4.79 Å². The zero-order chi connectivity index (χ0) is 21.8. The van der Waals surface area contributed by atoms with Gasteiger partial charge in [0.25, 0.3) is 0 Å². The zero-order valence-corrected chi connectivity index (χ0v) is 18.8. The lowest BCUT2D eigenvalue weighted by atomic mass is 10.1. The highest BCUT2D eigenvalue weighted by molar-refractivity contribution is 7.43. The zero-order valence-electron chi connectivity index (χ0n) is 17.9. The summed E-state index contributed by atoms with van der Waals surface area (Å²) in [7, 11) is -5.12. The summed E-state index contributed by atoms with van der Waals surface area (Å²) >= 11 is 0. The highest BCUT2D eigenvalue weighted by Crippen LogP contribution is 2.24. The van der Waals surface area contributed by atoms with E-state index in [-0.39, 0.29) is 13.0 Å². The average molecular weight is 435 g/mol. The van der Waals surface area contributed by atoms with E-state index >= 15 is 0 Å². The smallest absolute Gasteiger partial charge is 0.305 e. The number of rotatable bonds is 20. The quantitative estimate of drug-likeness (QED) is 0.134. The summed E-state index contributed by atoms with van der Waals surface area (Å²) < 4.78 is 19.0. The molecule has 7 nitrogen and oxygen atoms in total. The first-order chi connectivity index (χ1) is 13.8. The first-order valence-electron chi connectivity index (χ1n) is 11.0. The van der Waals surface area contributed by atoms with Gasteiger partial charge in [0.2, 0.25) is 0 Å². The second-order valence-electron chi connectivity index (χ2n) is 7.41. The van der Waals surface area contributed by atoms with Gasteiger partial charge in [0, 0.05) is 6.42 Å². The molecule has 0 amide bonds. The minimum atomic E-state index is -5.12. The summed E-state index contributed by atoms with van der Waals surface area (Å²) in [5.74, 6) is -0.446. The van der Waals surface area contributed by atoms with Crippen molar-refractivity contribution in [3.05, 3.63) is 12.2 Å². The Morgan fingerprint density at radius 1 is 0.897 bits per heavy atom. The Bertz CT molecular complexity index is 462. The molecule has 0 saturated carbocycles. The molecule has 0 spiro atoms. The molecule has 0 heterocycles. The van der Waals surface area contributed by atoms with Crippen molar-refractivity contribution < 1.29 is 33.5 Å². The molecule has 8 heteroatoms. The van der Waals surface area contributed by atoms with Crippen molar-refractivity contribution in [1.82, 2.24) is 0 Å². The molecule has 1 atom stereocenters. The number of aliphatic hydroxyl groups excluding tert-OH is 1. The van der Waals surface area contributed by atoms with Crippen LogP contribution in [-0.4, -0.2) is 30.4 Å². The number of carbonyl (C=O) groups is 1. The molecule has 0 aliphatic rings. The number of phosphoric acid groups is 1. The van der Waals surface area contributed by atoms with Crippen LogP contribution in [0.4, 0.5) is 0 Å². The first-order valence-corrected chi connectivity index (χ1v) is 12.5. The maximum absolute atomic E-state index is 11.5. The number of esters is 1. The van der Waals surface area contributed by atoms with Gasteiger partial charge in [-0.15, -0.1) is 0 Å². The van der Waals surface area contributed by atoms with Gasteiger partial charge in [0.05, 0.1) is 14.4 Å². The van der Waals surface area contributed by atoms with E-state index in [0.717, 1.165) is 32.1 Å². The molecule has 0 aliphatic heterocycles. The highest BCUT2D eigenvalue weighted by atomic mass is 31.2. The topological polar surface area (TPSA) is 119 Å².